The molecule has 1 aliphatic rings. The summed E-state index contributed by atoms with van der Waals surface area (Å²) in [5.41, 5.74) is 1.10. The SMILES string of the molecule is CC1CC(Nc2cc(C(C)C)ncn2)CCN1. The molecule has 94 valence electrons. The summed E-state index contributed by atoms with van der Waals surface area (Å²) in [5, 5.41) is 6.97. The van der Waals surface area contributed by atoms with E-state index in [9.17, 15) is 0 Å². The molecule has 0 bridgehead atoms. The molecule has 2 rings (SSSR count). The van der Waals surface area contributed by atoms with Crippen molar-refractivity contribution in [2.45, 2.75) is 51.6 Å². The molecule has 17 heavy (non-hydrogen) atoms. The van der Waals surface area contributed by atoms with E-state index in [-0.39, 0.29) is 0 Å². The van der Waals surface area contributed by atoms with Crippen molar-refractivity contribution in [2.75, 3.05) is 11.9 Å². The number of anilines is 1. The molecule has 1 saturated heterocycles. The number of aromatic nitrogens is 2. The van der Waals surface area contributed by atoms with Gasteiger partial charge in [-0.15, -0.1) is 0 Å². The Balaban J connectivity index is 2.00. The second-order valence-electron chi connectivity index (χ2n) is 5.20. The molecule has 4 nitrogen and oxygen atoms in total. The van der Waals surface area contributed by atoms with Gasteiger partial charge in [-0.1, -0.05) is 13.8 Å². The lowest BCUT2D eigenvalue weighted by atomic mass is 10.0. The summed E-state index contributed by atoms with van der Waals surface area (Å²) < 4.78 is 0. The average molecular weight is 234 g/mol. The molecule has 2 atom stereocenters. The van der Waals surface area contributed by atoms with Crippen molar-refractivity contribution >= 4 is 5.82 Å². The molecule has 0 amide bonds. The smallest absolute Gasteiger partial charge is 0.129 e. The van der Waals surface area contributed by atoms with Crippen LogP contribution in [0.5, 0.6) is 0 Å². The molecule has 0 radical (unpaired) electrons. The molecule has 1 aromatic heterocycles. The first-order valence-electron chi connectivity index (χ1n) is 6.47. The van der Waals surface area contributed by atoms with Gasteiger partial charge in [-0.25, -0.2) is 9.97 Å². The van der Waals surface area contributed by atoms with Crippen LogP contribution in [0.1, 0.15) is 45.2 Å². The molecule has 2 unspecified atom stereocenters. The standard InChI is InChI=1S/C13H22N4/c1-9(2)12-7-13(16-8-15-12)17-11-4-5-14-10(3)6-11/h7-11,14H,4-6H2,1-3H3,(H,15,16,17). The van der Waals surface area contributed by atoms with E-state index < -0.39 is 0 Å². The van der Waals surface area contributed by atoms with Crippen LogP contribution < -0.4 is 10.6 Å². The highest BCUT2D eigenvalue weighted by Gasteiger charge is 2.18. The van der Waals surface area contributed by atoms with E-state index in [1.165, 1.54) is 0 Å². The Labute approximate surface area is 103 Å². The highest BCUT2D eigenvalue weighted by Crippen LogP contribution is 2.17. The first kappa shape index (κ1) is 12.3. The van der Waals surface area contributed by atoms with Crippen LogP contribution in [0.25, 0.3) is 0 Å². The van der Waals surface area contributed by atoms with Gasteiger partial charge in [-0.3, -0.25) is 0 Å². The third-order valence-corrected chi connectivity index (χ3v) is 3.26. The summed E-state index contributed by atoms with van der Waals surface area (Å²) in [4.78, 5) is 8.58. The molecule has 4 heteroatoms. The molecular weight excluding hydrogens is 212 g/mol. The summed E-state index contributed by atoms with van der Waals surface area (Å²) in [6.07, 6.45) is 3.97. The Bertz CT molecular complexity index is 364. The van der Waals surface area contributed by atoms with Gasteiger partial charge in [0.15, 0.2) is 0 Å². The van der Waals surface area contributed by atoms with Gasteiger partial charge in [0.25, 0.3) is 0 Å². The van der Waals surface area contributed by atoms with E-state index >= 15 is 0 Å². The molecule has 0 saturated carbocycles. The van der Waals surface area contributed by atoms with Gasteiger partial charge in [-0.2, -0.15) is 0 Å². The van der Waals surface area contributed by atoms with Gasteiger partial charge < -0.3 is 10.6 Å². The predicted octanol–water partition coefficient (Wildman–Crippen LogP) is 2.15. The van der Waals surface area contributed by atoms with Crippen LogP contribution in [-0.4, -0.2) is 28.6 Å². The van der Waals surface area contributed by atoms with E-state index in [4.69, 9.17) is 0 Å². The molecule has 0 aliphatic carbocycles. The first-order chi connectivity index (χ1) is 8.15. The minimum atomic E-state index is 0.450. The van der Waals surface area contributed by atoms with Gasteiger partial charge >= 0.3 is 0 Å². The van der Waals surface area contributed by atoms with Crippen molar-refractivity contribution in [3.63, 3.8) is 0 Å². The third kappa shape index (κ3) is 3.40. The van der Waals surface area contributed by atoms with Gasteiger partial charge in [0, 0.05) is 23.8 Å². The van der Waals surface area contributed by atoms with Crippen molar-refractivity contribution in [3.8, 4) is 0 Å². The first-order valence-corrected chi connectivity index (χ1v) is 6.47. The third-order valence-electron chi connectivity index (χ3n) is 3.26. The summed E-state index contributed by atoms with van der Waals surface area (Å²) in [6.45, 7) is 7.62. The maximum absolute atomic E-state index is 4.30. The monoisotopic (exact) mass is 234 g/mol. The van der Waals surface area contributed by atoms with Crippen molar-refractivity contribution in [1.82, 2.24) is 15.3 Å². The average Bonchev–Trinajstić information content (AvgIpc) is 2.29. The van der Waals surface area contributed by atoms with Crippen LogP contribution in [0.4, 0.5) is 5.82 Å². The summed E-state index contributed by atoms with van der Waals surface area (Å²) in [6, 6.07) is 3.19. The molecule has 1 fully saturated rings. The van der Waals surface area contributed by atoms with Gasteiger partial charge in [-0.05, 0) is 32.2 Å². The molecule has 2 N–H and O–H groups in total. The maximum atomic E-state index is 4.30. The largest absolute Gasteiger partial charge is 0.367 e. The number of nitrogens with one attached hydrogen (secondary N) is 2. The van der Waals surface area contributed by atoms with E-state index in [2.05, 4.69) is 47.4 Å². The summed E-state index contributed by atoms with van der Waals surface area (Å²) in [7, 11) is 0. The zero-order chi connectivity index (χ0) is 12.3. The van der Waals surface area contributed by atoms with E-state index in [1.54, 1.807) is 6.33 Å². The summed E-state index contributed by atoms with van der Waals surface area (Å²) in [5.74, 6) is 1.41. The van der Waals surface area contributed by atoms with Crippen LogP contribution >= 0.6 is 0 Å². The number of hydrogen-bond donors (Lipinski definition) is 2. The quantitative estimate of drug-likeness (QED) is 0.841. The van der Waals surface area contributed by atoms with Gasteiger partial charge in [0.05, 0.1) is 0 Å². The van der Waals surface area contributed by atoms with Crippen LogP contribution in [0.15, 0.2) is 12.4 Å². The molecule has 1 aromatic rings. The van der Waals surface area contributed by atoms with E-state index in [0.29, 0.717) is 18.0 Å². The molecule has 1 aliphatic heterocycles. The fourth-order valence-electron chi connectivity index (χ4n) is 2.24. The lowest BCUT2D eigenvalue weighted by molar-refractivity contribution is 0.395. The molecule has 2 heterocycles. The van der Waals surface area contributed by atoms with Crippen LogP contribution in [0.2, 0.25) is 0 Å². The highest BCUT2D eigenvalue weighted by atomic mass is 15.1. The fraction of sp³-hybridized carbons (Fsp3) is 0.692. The van der Waals surface area contributed by atoms with Crippen LogP contribution in [-0.2, 0) is 0 Å². The number of hydrogen-bond acceptors (Lipinski definition) is 4. The Morgan fingerprint density at radius 2 is 2.24 bits per heavy atom. The van der Waals surface area contributed by atoms with Gasteiger partial charge in [0.2, 0.25) is 0 Å². The number of piperidine rings is 1. The highest BCUT2D eigenvalue weighted by molar-refractivity contribution is 5.36. The van der Waals surface area contributed by atoms with Crippen LogP contribution in [0.3, 0.4) is 0 Å². The lowest BCUT2D eigenvalue weighted by Gasteiger charge is -2.29. The Kier molecular flexibility index (Phi) is 3.94. The van der Waals surface area contributed by atoms with Gasteiger partial charge in [0.1, 0.15) is 12.1 Å². The van der Waals surface area contributed by atoms with Crippen molar-refractivity contribution < 1.29 is 0 Å². The Hall–Kier alpha value is -1.16. The minimum Gasteiger partial charge on any atom is -0.367 e. The topological polar surface area (TPSA) is 49.8 Å². The second kappa shape index (κ2) is 5.45. The number of rotatable bonds is 3. The summed E-state index contributed by atoms with van der Waals surface area (Å²) >= 11 is 0. The van der Waals surface area contributed by atoms with Crippen LogP contribution in [0, 0.1) is 0 Å². The maximum Gasteiger partial charge on any atom is 0.129 e. The van der Waals surface area contributed by atoms with E-state index in [1.807, 2.05) is 0 Å². The Morgan fingerprint density at radius 1 is 1.41 bits per heavy atom. The molecular formula is C13H22N4. The molecule has 0 aromatic carbocycles. The Morgan fingerprint density at radius 3 is 2.94 bits per heavy atom. The van der Waals surface area contributed by atoms with Crippen molar-refractivity contribution in [3.05, 3.63) is 18.1 Å². The zero-order valence-corrected chi connectivity index (χ0v) is 10.9. The van der Waals surface area contributed by atoms with Crippen molar-refractivity contribution in [2.24, 2.45) is 0 Å². The zero-order valence-electron chi connectivity index (χ0n) is 10.9. The van der Waals surface area contributed by atoms with E-state index in [0.717, 1.165) is 30.9 Å². The van der Waals surface area contributed by atoms with Crippen molar-refractivity contribution in [1.29, 1.82) is 0 Å². The number of nitrogens with zero attached hydrogens (tertiary/aromatic N) is 2. The molecule has 0 spiro atoms. The second-order valence-corrected chi connectivity index (χ2v) is 5.20. The normalized spacial score (nSPS) is 24.9. The lowest BCUT2D eigenvalue weighted by Crippen LogP contribution is -2.41. The predicted molar refractivity (Wildman–Crippen MR) is 70.2 cm³/mol. The fourth-order valence-corrected chi connectivity index (χ4v) is 2.24. The minimum absolute atomic E-state index is 0.450.